The van der Waals surface area contributed by atoms with Gasteiger partial charge in [-0.25, -0.2) is 0 Å². The molecule has 0 nitrogen and oxygen atoms in total. The molecule has 0 heteroatoms. The van der Waals surface area contributed by atoms with Crippen LogP contribution >= 0.6 is 0 Å². The lowest BCUT2D eigenvalue weighted by molar-refractivity contribution is 0.511. The van der Waals surface area contributed by atoms with Gasteiger partial charge in [0.25, 0.3) is 0 Å². The zero-order chi connectivity index (χ0) is 28.9. The van der Waals surface area contributed by atoms with E-state index in [0.717, 1.165) is 0 Å². The van der Waals surface area contributed by atoms with Crippen LogP contribution in [-0.2, 0) is 0 Å². The maximum atomic E-state index is 2.31. The summed E-state index contributed by atoms with van der Waals surface area (Å²) >= 11 is 0. The van der Waals surface area contributed by atoms with Crippen LogP contribution in [0.25, 0.3) is 0 Å². The van der Waals surface area contributed by atoms with Gasteiger partial charge in [0.1, 0.15) is 0 Å². The van der Waals surface area contributed by atoms with Gasteiger partial charge in [0.05, 0.1) is 0 Å². The fourth-order valence-corrected chi connectivity index (χ4v) is 6.34. The van der Waals surface area contributed by atoms with Crippen LogP contribution in [0.2, 0.25) is 0 Å². The van der Waals surface area contributed by atoms with Crippen molar-refractivity contribution in [1.29, 1.82) is 0 Å². The van der Waals surface area contributed by atoms with Gasteiger partial charge < -0.3 is 0 Å². The smallest absolute Gasteiger partial charge is 0.0351 e. The molecule has 0 radical (unpaired) electrons. The third-order valence-corrected chi connectivity index (χ3v) is 9.21. The maximum Gasteiger partial charge on any atom is -0.0351 e. The highest BCUT2D eigenvalue weighted by molar-refractivity contribution is 4.76. The molecule has 0 aromatic heterocycles. The van der Waals surface area contributed by atoms with E-state index in [1.807, 2.05) is 0 Å². The average molecular weight is 561 g/mol. The molecular weight excluding hydrogens is 480 g/mol. The van der Waals surface area contributed by atoms with E-state index in [-0.39, 0.29) is 0 Å². The Bertz CT molecular complexity index is 435. The fourth-order valence-electron chi connectivity index (χ4n) is 6.34. The van der Waals surface area contributed by atoms with Crippen LogP contribution in [0.3, 0.4) is 0 Å². The van der Waals surface area contributed by atoms with E-state index in [0.29, 0.717) is 0 Å². The standard InChI is InChI=1S/C40H80/c1-3-5-7-9-11-13-15-17-19-21-23-25-27-29-31-33-35-37-39-40-38-36-34-32-30-28-26-24-22-20-18-16-14-12-10-8-6-4-2/h3,5H,4,6-40H2,1-2H3. The number of rotatable bonds is 36. The Balaban J connectivity index is 3.02. The van der Waals surface area contributed by atoms with E-state index in [9.17, 15) is 0 Å². The Morgan fingerprint density at radius 2 is 0.425 bits per heavy atom. The topological polar surface area (TPSA) is 0 Å². The van der Waals surface area contributed by atoms with E-state index < -0.39 is 0 Å². The molecule has 0 amide bonds. The third-order valence-electron chi connectivity index (χ3n) is 9.21. The van der Waals surface area contributed by atoms with Crippen molar-refractivity contribution in [2.24, 2.45) is 0 Å². The molecule has 0 bridgehead atoms. The second kappa shape index (κ2) is 38.7. The van der Waals surface area contributed by atoms with Crippen molar-refractivity contribution in [3.05, 3.63) is 12.2 Å². The first-order valence-electron chi connectivity index (χ1n) is 19.5. The minimum Gasteiger partial charge on any atom is -0.0917 e. The zero-order valence-corrected chi connectivity index (χ0v) is 28.6. The average Bonchev–Trinajstić information content (AvgIpc) is 2.97. The molecule has 0 N–H and O–H groups in total. The summed E-state index contributed by atoms with van der Waals surface area (Å²) in [6.07, 6.45) is 57.6. The molecule has 240 valence electrons. The molecule has 0 aromatic rings. The highest BCUT2D eigenvalue weighted by atomic mass is 14.0. The number of allylic oxidation sites excluding steroid dienone is 2. The molecular formula is C40H80. The van der Waals surface area contributed by atoms with Gasteiger partial charge in [-0.05, 0) is 19.8 Å². The highest BCUT2D eigenvalue weighted by Crippen LogP contribution is 2.17. The second-order valence-corrected chi connectivity index (χ2v) is 13.4. The Hall–Kier alpha value is -0.260. The first-order valence-corrected chi connectivity index (χ1v) is 19.5. The van der Waals surface area contributed by atoms with Gasteiger partial charge in [-0.15, -0.1) is 0 Å². The minimum atomic E-state index is 1.29. The normalized spacial score (nSPS) is 11.8. The molecule has 0 heterocycles. The number of hydrogen-bond donors (Lipinski definition) is 0. The Kier molecular flexibility index (Phi) is 38.5. The van der Waals surface area contributed by atoms with Crippen molar-refractivity contribution in [1.82, 2.24) is 0 Å². The van der Waals surface area contributed by atoms with Crippen LogP contribution in [0.1, 0.15) is 245 Å². The Morgan fingerprint density at radius 1 is 0.250 bits per heavy atom. The van der Waals surface area contributed by atoms with Crippen LogP contribution < -0.4 is 0 Å². The first-order chi connectivity index (χ1) is 19.9. The minimum absolute atomic E-state index is 1.29. The van der Waals surface area contributed by atoms with Crippen LogP contribution in [0.4, 0.5) is 0 Å². The van der Waals surface area contributed by atoms with Gasteiger partial charge in [-0.3, -0.25) is 0 Å². The van der Waals surface area contributed by atoms with Crippen molar-refractivity contribution in [3.8, 4) is 0 Å². The van der Waals surface area contributed by atoms with Gasteiger partial charge in [0, 0.05) is 0 Å². The van der Waals surface area contributed by atoms with Crippen molar-refractivity contribution >= 4 is 0 Å². The molecule has 0 unspecified atom stereocenters. The lowest BCUT2D eigenvalue weighted by Crippen LogP contribution is -1.85. The summed E-state index contributed by atoms with van der Waals surface area (Å²) in [5, 5.41) is 0. The molecule has 0 aliphatic rings. The predicted octanol–water partition coefficient (Wildman–Crippen LogP) is 15.6. The molecule has 0 fully saturated rings. The van der Waals surface area contributed by atoms with Gasteiger partial charge >= 0.3 is 0 Å². The largest absolute Gasteiger partial charge is 0.0917 e. The monoisotopic (exact) mass is 561 g/mol. The molecule has 0 atom stereocenters. The van der Waals surface area contributed by atoms with Crippen LogP contribution in [-0.4, -0.2) is 0 Å². The molecule has 0 aliphatic heterocycles. The van der Waals surface area contributed by atoms with Crippen molar-refractivity contribution in [2.75, 3.05) is 0 Å². The zero-order valence-electron chi connectivity index (χ0n) is 28.6. The summed E-state index contributed by atoms with van der Waals surface area (Å²) in [4.78, 5) is 0. The molecule has 0 aromatic carbocycles. The molecule has 0 saturated heterocycles. The molecule has 0 rings (SSSR count). The van der Waals surface area contributed by atoms with E-state index in [1.165, 1.54) is 231 Å². The molecule has 0 spiro atoms. The van der Waals surface area contributed by atoms with Gasteiger partial charge in [0.2, 0.25) is 0 Å². The summed E-state index contributed by atoms with van der Waals surface area (Å²) in [7, 11) is 0. The lowest BCUT2D eigenvalue weighted by atomic mass is 10.0. The van der Waals surface area contributed by atoms with Crippen molar-refractivity contribution in [2.45, 2.75) is 245 Å². The van der Waals surface area contributed by atoms with Gasteiger partial charge in [-0.1, -0.05) is 237 Å². The fraction of sp³-hybridized carbons (Fsp3) is 0.950. The van der Waals surface area contributed by atoms with Crippen molar-refractivity contribution < 1.29 is 0 Å². The maximum absolute atomic E-state index is 2.31. The SMILES string of the molecule is CC=CCCCCCCCCCCCCCCCCCCCCCCCCCCCCCCCCCCCCC. The van der Waals surface area contributed by atoms with Gasteiger partial charge in [0.15, 0.2) is 0 Å². The first kappa shape index (κ1) is 39.7. The van der Waals surface area contributed by atoms with Crippen LogP contribution in [0, 0.1) is 0 Å². The molecule has 0 aliphatic carbocycles. The summed E-state index contributed by atoms with van der Waals surface area (Å²) < 4.78 is 0. The quantitative estimate of drug-likeness (QED) is 0.0528. The van der Waals surface area contributed by atoms with E-state index in [2.05, 4.69) is 26.0 Å². The third kappa shape index (κ3) is 37.7. The highest BCUT2D eigenvalue weighted by Gasteiger charge is 1.97. The van der Waals surface area contributed by atoms with E-state index in [4.69, 9.17) is 0 Å². The number of hydrogen-bond acceptors (Lipinski definition) is 0. The van der Waals surface area contributed by atoms with Gasteiger partial charge in [-0.2, -0.15) is 0 Å². The summed E-state index contributed by atoms with van der Waals surface area (Å²) in [5.74, 6) is 0. The van der Waals surface area contributed by atoms with E-state index >= 15 is 0 Å². The molecule has 40 heavy (non-hydrogen) atoms. The summed E-state index contributed by atoms with van der Waals surface area (Å²) in [5.41, 5.74) is 0. The second-order valence-electron chi connectivity index (χ2n) is 13.4. The summed E-state index contributed by atoms with van der Waals surface area (Å²) in [6.45, 7) is 4.44. The Labute approximate surface area is 256 Å². The van der Waals surface area contributed by atoms with Crippen LogP contribution in [0.15, 0.2) is 12.2 Å². The summed E-state index contributed by atoms with van der Waals surface area (Å²) in [6, 6.07) is 0. The van der Waals surface area contributed by atoms with Crippen LogP contribution in [0.5, 0.6) is 0 Å². The lowest BCUT2D eigenvalue weighted by Gasteiger charge is -2.05. The van der Waals surface area contributed by atoms with Crippen molar-refractivity contribution in [3.63, 3.8) is 0 Å². The Morgan fingerprint density at radius 3 is 0.600 bits per heavy atom. The predicted molar refractivity (Wildman–Crippen MR) is 187 cm³/mol. The van der Waals surface area contributed by atoms with E-state index in [1.54, 1.807) is 0 Å². The number of unbranched alkanes of at least 4 members (excludes halogenated alkanes) is 35. The molecule has 0 saturated carbocycles.